The molecule has 0 spiro atoms. The van der Waals surface area contributed by atoms with Crippen LogP contribution in [0, 0.1) is 5.92 Å². The Morgan fingerprint density at radius 1 is 1.14 bits per heavy atom. The summed E-state index contributed by atoms with van der Waals surface area (Å²) in [4.78, 5) is 48.4. The summed E-state index contributed by atoms with van der Waals surface area (Å²) < 4.78 is 1.23. The van der Waals surface area contributed by atoms with E-state index in [-0.39, 0.29) is 17.2 Å². The van der Waals surface area contributed by atoms with Crippen molar-refractivity contribution < 1.29 is 14.4 Å². The molecule has 0 radical (unpaired) electrons. The number of carbonyl (C=O) groups is 3. The number of nitrogens with zero attached hydrogens (tertiary/aromatic N) is 2. The number of carbonyl (C=O) groups excluding carboxylic acids is 3. The third-order valence-corrected chi connectivity index (χ3v) is 4.06. The van der Waals surface area contributed by atoms with Gasteiger partial charge in [-0.3, -0.25) is 25.2 Å². The highest BCUT2D eigenvalue weighted by atomic mass is 16.2. The van der Waals surface area contributed by atoms with Crippen LogP contribution in [0.2, 0.25) is 0 Å². The van der Waals surface area contributed by atoms with Crippen LogP contribution in [0.3, 0.4) is 0 Å². The lowest BCUT2D eigenvalue weighted by molar-refractivity contribution is -0.124. The molecule has 0 saturated heterocycles. The number of aromatic nitrogens is 2. The second-order valence-electron chi connectivity index (χ2n) is 6.60. The minimum absolute atomic E-state index is 0.00732. The Kier molecular flexibility index (Phi) is 6.69. The van der Waals surface area contributed by atoms with Gasteiger partial charge >= 0.3 is 6.03 Å². The van der Waals surface area contributed by atoms with E-state index in [0.29, 0.717) is 23.7 Å². The summed E-state index contributed by atoms with van der Waals surface area (Å²) in [6.45, 7) is 5.69. The lowest BCUT2D eigenvalue weighted by Gasteiger charge is -2.20. The van der Waals surface area contributed by atoms with Gasteiger partial charge in [0.2, 0.25) is 0 Å². The number of benzene rings is 1. The van der Waals surface area contributed by atoms with Crippen molar-refractivity contribution in [2.75, 3.05) is 0 Å². The van der Waals surface area contributed by atoms with Crippen LogP contribution in [0.15, 0.2) is 29.1 Å². The Balaban J connectivity index is 2.28. The summed E-state index contributed by atoms with van der Waals surface area (Å²) in [5, 5.41) is 7.20. The number of aryl methyl sites for hydroxylation is 1. The number of nitrogens with one attached hydrogen (secondary N) is 3. The zero-order valence-corrected chi connectivity index (χ0v) is 16.0. The van der Waals surface area contributed by atoms with Gasteiger partial charge in [-0.1, -0.05) is 39.0 Å². The molecule has 10 nitrogen and oxygen atoms in total. The van der Waals surface area contributed by atoms with Crippen LogP contribution in [0.4, 0.5) is 4.79 Å². The minimum atomic E-state index is -0.920. The first-order valence-corrected chi connectivity index (χ1v) is 8.92. The Bertz CT molecular complexity index is 953. The van der Waals surface area contributed by atoms with Crippen molar-refractivity contribution in [2.24, 2.45) is 11.7 Å². The molecule has 150 valence electrons. The molecule has 0 aliphatic heterocycles. The molecule has 4 amide bonds. The lowest BCUT2D eigenvalue weighted by Crippen LogP contribution is -2.55. The van der Waals surface area contributed by atoms with E-state index in [0.717, 1.165) is 0 Å². The standard InChI is InChI=1S/C18H24N6O4/c1-4-9-24-17(27)12-8-6-5-7-11(12)14(23-24)16(26)22-21-15(25)13(10(2)3)20-18(19)28/h5-8,10,13H,4,9H2,1-3H3,(H,21,25)(H,22,26)(H3,19,20,28)/t13-/m0/s1. The highest BCUT2D eigenvalue weighted by Crippen LogP contribution is 2.13. The Labute approximate surface area is 161 Å². The Hall–Kier alpha value is -3.43. The predicted molar refractivity (Wildman–Crippen MR) is 103 cm³/mol. The van der Waals surface area contributed by atoms with Gasteiger partial charge in [-0.25, -0.2) is 9.48 Å². The smallest absolute Gasteiger partial charge is 0.312 e. The predicted octanol–water partition coefficient (Wildman–Crippen LogP) is 0.260. The van der Waals surface area contributed by atoms with Gasteiger partial charge < -0.3 is 11.1 Å². The molecule has 0 aliphatic rings. The van der Waals surface area contributed by atoms with Crippen molar-refractivity contribution in [3.8, 4) is 0 Å². The van der Waals surface area contributed by atoms with Gasteiger partial charge in [-0.15, -0.1) is 0 Å². The number of fused-ring (bicyclic) bond motifs is 1. The molecular formula is C18H24N6O4. The molecule has 1 heterocycles. The number of hydrogen-bond acceptors (Lipinski definition) is 5. The highest BCUT2D eigenvalue weighted by Gasteiger charge is 2.24. The van der Waals surface area contributed by atoms with Crippen molar-refractivity contribution in [3.63, 3.8) is 0 Å². The van der Waals surface area contributed by atoms with Crippen LogP contribution in [0.25, 0.3) is 10.8 Å². The third kappa shape index (κ3) is 4.64. The van der Waals surface area contributed by atoms with Crippen LogP contribution in [-0.4, -0.2) is 33.7 Å². The van der Waals surface area contributed by atoms with Crippen molar-refractivity contribution in [1.82, 2.24) is 25.9 Å². The third-order valence-electron chi connectivity index (χ3n) is 4.06. The zero-order valence-electron chi connectivity index (χ0n) is 16.0. The fourth-order valence-corrected chi connectivity index (χ4v) is 2.71. The number of rotatable bonds is 6. The summed E-state index contributed by atoms with van der Waals surface area (Å²) in [6.07, 6.45) is 0.665. The molecule has 0 bridgehead atoms. The van der Waals surface area contributed by atoms with Gasteiger partial charge in [0.25, 0.3) is 17.4 Å². The fraction of sp³-hybridized carbons (Fsp3) is 0.389. The fourth-order valence-electron chi connectivity index (χ4n) is 2.71. The number of hydrazine groups is 1. The van der Waals surface area contributed by atoms with Crippen molar-refractivity contribution in [2.45, 2.75) is 39.8 Å². The van der Waals surface area contributed by atoms with Crippen LogP contribution in [0.1, 0.15) is 37.7 Å². The largest absolute Gasteiger partial charge is 0.352 e. The first-order chi connectivity index (χ1) is 13.3. The number of nitrogens with two attached hydrogens (primary N) is 1. The van der Waals surface area contributed by atoms with E-state index < -0.39 is 23.9 Å². The van der Waals surface area contributed by atoms with E-state index in [2.05, 4.69) is 21.3 Å². The maximum Gasteiger partial charge on any atom is 0.312 e. The second-order valence-corrected chi connectivity index (χ2v) is 6.60. The SMILES string of the molecule is CCCn1nc(C(=O)NNC(=O)[C@@H](NC(N)=O)C(C)C)c2ccccc2c1=O. The molecule has 0 fully saturated rings. The van der Waals surface area contributed by atoms with Crippen LogP contribution < -0.4 is 27.5 Å². The molecule has 5 N–H and O–H groups in total. The van der Waals surface area contributed by atoms with Gasteiger partial charge in [-0.2, -0.15) is 5.10 Å². The lowest BCUT2D eigenvalue weighted by atomic mass is 10.0. The van der Waals surface area contributed by atoms with Gasteiger partial charge in [-0.05, 0) is 18.4 Å². The monoisotopic (exact) mass is 388 g/mol. The van der Waals surface area contributed by atoms with Crippen molar-refractivity contribution >= 4 is 28.6 Å². The number of urea groups is 1. The molecule has 0 unspecified atom stereocenters. The van der Waals surface area contributed by atoms with E-state index in [1.54, 1.807) is 38.1 Å². The normalized spacial score (nSPS) is 11.9. The molecule has 0 saturated carbocycles. The maximum atomic E-state index is 12.6. The molecule has 10 heteroatoms. The summed E-state index contributed by atoms with van der Waals surface area (Å²) in [6, 6.07) is 4.85. The molecule has 2 aromatic rings. The van der Waals surface area contributed by atoms with Crippen LogP contribution in [0.5, 0.6) is 0 Å². The summed E-state index contributed by atoms with van der Waals surface area (Å²) >= 11 is 0. The summed E-state index contributed by atoms with van der Waals surface area (Å²) in [5.41, 5.74) is 9.34. The van der Waals surface area contributed by atoms with E-state index in [1.807, 2.05) is 6.92 Å². The molecule has 2 rings (SSSR count). The first-order valence-electron chi connectivity index (χ1n) is 8.92. The number of hydrogen-bond donors (Lipinski definition) is 4. The number of amides is 4. The summed E-state index contributed by atoms with van der Waals surface area (Å²) in [5.74, 6) is -1.57. The van der Waals surface area contributed by atoms with Crippen molar-refractivity contribution in [1.29, 1.82) is 0 Å². The van der Waals surface area contributed by atoms with Gasteiger partial charge in [0, 0.05) is 11.9 Å². The quantitative estimate of drug-likeness (QED) is 0.524. The number of primary amides is 1. The zero-order chi connectivity index (χ0) is 20.8. The van der Waals surface area contributed by atoms with Gasteiger partial charge in [0.1, 0.15) is 6.04 Å². The summed E-state index contributed by atoms with van der Waals surface area (Å²) in [7, 11) is 0. The molecule has 0 aliphatic carbocycles. The van der Waals surface area contributed by atoms with E-state index >= 15 is 0 Å². The Morgan fingerprint density at radius 2 is 1.79 bits per heavy atom. The highest BCUT2D eigenvalue weighted by molar-refractivity contribution is 6.05. The molecular weight excluding hydrogens is 364 g/mol. The Morgan fingerprint density at radius 3 is 2.36 bits per heavy atom. The first kappa shape index (κ1) is 20.9. The van der Waals surface area contributed by atoms with E-state index in [1.165, 1.54) is 4.68 Å². The van der Waals surface area contributed by atoms with E-state index in [9.17, 15) is 19.2 Å². The molecule has 1 aromatic carbocycles. The van der Waals surface area contributed by atoms with Gasteiger partial charge in [0.15, 0.2) is 5.69 Å². The van der Waals surface area contributed by atoms with Crippen LogP contribution in [-0.2, 0) is 11.3 Å². The van der Waals surface area contributed by atoms with Crippen LogP contribution >= 0.6 is 0 Å². The minimum Gasteiger partial charge on any atom is -0.352 e. The topological polar surface area (TPSA) is 148 Å². The maximum absolute atomic E-state index is 12.6. The second kappa shape index (κ2) is 8.98. The average Bonchev–Trinajstić information content (AvgIpc) is 2.66. The molecule has 28 heavy (non-hydrogen) atoms. The molecule has 1 atom stereocenters. The van der Waals surface area contributed by atoms with E-state index in [4.69, 9.17) is 5.73 Å². The van der Waals surface area contributed by atoms with Crippen molar-refractivity contribution in [3.05, 3.63) is 40.3 Å². The average molecular weight is 388 g/mol. The molecule has 1 aromatic heterocycles. The van der Waals surface area contributed by atoms with Gasteiger partial charge in [0.05, 0.1) is 5.39 Å².